The molecule has 0 amide bonds. The van der Waals surface area contributed by atoms with Crippen molar-refractivity contribution in [1.82, 2.24) is 5.32 Å². The van der Waals surface area contributed by atoms with E-state index < -0.39 is 6.10 Å². The van der Waals surface area contributed by atoms with Crippen molar-refractivity contribution in [3.8, 4) is 5.75 Å². The fraction of sp³-hybridized carbons (Fsp3) is 0.500. The number of hydrogen-bond donors (Lipinski definition) is 2. The average molecular weight is 251 g/mol. The zero-order valence-corrected chi connectivity index (χ0v) is 11.1. The minimum atomic E-state index is -0.542. The molecule has 0 aliphatic heterocycles. The fourth-order valence-electron chi connectivity index (χ4n) is 1.41. The van der Waals surface area contributed by atoms with Crippen molar-refractivity contribution in [2.24, 2.45) is 0 Å². The second kappa shape index (κ2) is 7.13. The van der Waals surface area contributed by atoms with E-state index in [1.807, 2.05) is 13.8 Å². The summed E-state index contributed by atoms with van der Waals surface area (Å²) in [6.07, 6.45) is -0.542. The molecule has 1 unspecified atom stereocenters. The van der Waals surface area contributed by atoms with Crippen molar-refractivity contribution < 1.29 is 14.6 Å². The lowest BCUT2D eigenvalue weighted by atomic mass is 10.1. The van der Waals surface area contributed by atoms with Crippen LogP contribution in [0.2, 0.25) is 0 Å². The summed E-state index contributed by atoms with van der Waals surface area (Å²) < 4.78 is 5.43. The third-order valence-electron chi connectivity index (χ3n) is 2.46. The Kier molecular flexibility index (Phi) is 5.82. The van der Waals surface area contributed by atoms with Gasteiger partial charge in [-0.3, -0.25) is 4.79 Å². The molecule has 0 bridgehead atoms. The summed E-state index contributed by atoms with van der Waals surface area (Å²) in [5.41, 5.74) is 0.657. The van der Waals surface area contributed by atoms with E-state index >= 15 is 0 Å². The number of carbonyl (C=O) groups excluding carboxylic acids is 1. The van der Waals surface area contributed by atoms with Gasteiger partial charge in [0.1, 0.15) is 18.5 Å². The van der Waals surface area contributed by atoms with Gasteiger partial charge in [-0.25, -0.2) is 0 Å². The lowest BCUT2D eigenvalue weighted by Crippen LogP contribution is -2.35. The van der Waals surface area contributed by atoms with Crippen LogP contribution in [-0.4, -0.2) is 36.2 Å². The summed E-state index contributed by atoms with van der Waals surface area (Å²) in [7, 11) is 0. The highest BCUT2D eigenvalue weighted by Gasteiger charge is 2.06. The van der Waals surface area contributed by atoms with Gasteiger partial charge in [0.15, 0.2) is 5.78 Å². The van der Waals surface area contributed by atoms with Gasteiger partial charge in [-0.05, 0) is 31.2 Å². The second-order valence-corrected chi connectivity index (χ2v) is 4.61. The third kappa shape index (κ3) is 5.29. The molecule has 1 aromatic carbocycles. The highest BCUT2D eigenvalue weighted by atomic mass is 16.5. The summed E-state index contributed by atoms with van der Waals surface area (Å²) in [6.45, 7) is 6.31. The quantitative estimate of drug-likeness (QED) is 0.723. The molecule has 0 aliphatic rings. The van der Waals surface area contributed by atoms with E-state index in [0.29, 0.717) is 23.9 Å². The van der Waals surface area contributed by atoms with Gasteiger partial charge in [0.2, 0.25) is 0 Å². The van der Waals surface area contributed by atoms with Gasteiger partial charge in [-0.1, -0.05) is 13.8 Å². The zero-order valence-electron chi connectivity index (χ0n) is 11.1. The van der Waals surface area contributed by atoms with Crippen LogP contribution in [0.1, 0.15) is 31.1 Å². The number of nitrogens with one attached hydrogen (secondary N) is 1. The SMILES string of the molecule is CC(=O)c1ccc(OCC(O)CNC(C)C)cc1. The molecule has 0 aromatic heterocycles. The van der Waals surface area contributed by atoms with Crippen LogP contribution >= 0.6 is 0 Å². The minimum Gasteiger partial charge on any atom is -0.491 e. The van der Waals surface area contributed by atoms with E-state index in [9.17, 15) is 9.90 Å². The molecule has 2 N–H and O–H groups in total. The van der Waals surface area contributed by atoms with Crippen LogP contribution in [0.3, 0.4) is 0 Å². The Labute approximate surface area is 108 Å². The zero-order chi connectivity index (χ0) is 13.5. The highest BCUT2D eigenvalue weighted by Crippen LogP contribution is 2.12. The molecule has 0 saturated carbocycles. The van der Waals surface area contributed by atoms with E-state index in [0.717, 1.165) is 0 Å². The van der Waals surface area contributed by atoms with Gasteiger partial charge in [-0.2, -0.15) is 0 Å². The first-order valence-electron chi connectivity index (χ1n) is 6.14. The molecule has 1 aromatic rings. The number of aliphatic hydroxyl groups is 1. The normalized spacial score (nSPS) is 12.5. The van der Waals surface area contributed by atoms with Crippen LogP contribution in [0, 0.1) is 0 Å². The Morgan fingerprint density at radius 2 is 1.94 bits per heavy atom. The van der Waals surface area contributed by atoms with Crippen molar-refractivity contribution >= 4 is 5.78 Å². The lowest BCUT2D eigenvalue weighted by molar-refractivity contribution is 0.101. The van der Waals surface area contributed by atoms with E-state index in [4.69, 9.17) is 4.74 Å². The van der Waals surface area contributed by atoms with E-state index in [-0.39, 0.29) is 12.4 Å². The molecular formula is C14H21NO3. The molecular weight excluding hydrogens is 230 g/mol. The number of benzene rings is 1. The molecule has 100 valence electrons. The number of Topliss-reactive ketones (excluding diaryl/α,β-unsaturated/α-hetero) is 1. The Bertz CT molecular complexity index is 373. The fourth-order valence-corrected chi connectivity index (χ4v) is 1.41. The van der Waals surface area contributed by atoms with E-state index in [2.05, 4.69) is 5.32 Å². The Hall–Kier alpha value is -1.39. The summed E-state index contributed by atoms with van der Waals surface area (Å²) >= 11 is 0. The summed E-state index contributed by atoms with van der Waals surface area (Å²) in [5.74, 6) is 0.686. The Balaban J connectivity index is 2.36. The van der Waals surface area contributed by atoms with Gasteiger partial charge in [0, 0.05) is 18.2 Å². The van der Waals surface area contributed by atoms with Crippen molar-refractivity contribution in [2.45, 2.75) is 32.9 Å². The van der Waals surface area contributed by atoms with Gasteiger partial charge in [-0.15, -0.1) is 0 Å². The standard InChI is InChI=1S/C14H21NO3/c1-10(2)15-8-13(17)9-18-14-6-4-12(5-7-14)11(3)16/h4-7,10,13,15,17H,8-9H2,1-3H3. The smallest absolute Gasteiger partial charge is 0.159 e. The van der Waals surface area contributed by atoms with Crippen LogP contribution in [0.5, 0.6) is 5.75 Å². The number of hydrogen-bond acceptors (Lipinski definition) is 4. The second-order valence-electron chi connectivity index (χ2n) is 4.61. The van der Waals surface area contributed by atoms with Gasteiger partial charge >= 0.3 is 0 Å². The topological polar surface area (TPSA) is 58.6 Å². The average Bonchev–Trinajstić information content (AvgIpc) is 2.34. The maximum absolute atomic E-state index is 11.1. The van der Waals surface area contributed by atoms with E-state index in [1.165, 1.54) is 6.92 Å². The van der Waals surface area contributed by atoms with Crippen LogP contribution in [0.25, 0.3) is 0 Å². The lowest BCUT2D eigenvalue weighted by Gasteiger charge is -2.15. The first-order valence-corrected chi connectivity index (χ1v) is 6.14. The Morgan fingerprint density at radius 3 is 2.44 bits per heavy atom. The summed E-state index contributed by atoms with van der Waals surface area (Å²) in [4.78, 5) is 11.1. The van der Waals surface area contributed by atoms with Crippen molar-refractivity contribution in [1.29, 1.82) is 0 Å². The maximum Gasteiger partial charge on any atom is 0.159 e. The molecule has 4 heteroatoms. The predicted octanol–water partition coefficient (Wildman–Crippen LogP) is 1.63. The molecule has 1 rings (SSSR count). The molecule has 1 atom stereocenters. The monoisotopic (exact) mass is 251 g/mol. The van der Waals surface area contributed by atoms with Gasteiger partial charge in [0.25, 0.3) is 0 Å². The number of ketones is 1. The molecule has 4 nitrogen and oxygen atoms in total. The first kappa shape index (κ1) is 14.7. The van der Waals surface area contributed by atoms with Crippen LogP contribution in [-0.2, 0) is 0 Å². The van der Waals surface area contributed by atoms with Gasteiger partial charge < -0.3 is 15.2 Å². The van der Waals surface area contributed by atoms with Crippen molar-refractivity contribution in [2.75, 3.05) is 13.2 Å². The predicted molar refractivity (Wildman–Crippen MR) is 71.1 cm³/mol. The molecule has 0 saturated heterocycles. The van der Waals surface area contributed by atoms with Crippen LogP contribution < -0.4 is 10.1 Å². The summed E-state index contributed by atoms with van der Waals surface area (Å²) in [5, 5.41) is 12.8. The molecule has 0 aliphatic carbocycles. The molecule has 0 heterocycles. The number of ether oxygens (including phenoxy) is 1. The molecule has 18 heavy (non-hydrogen) atoms. The van der Waals surface area contributed by atoms with Crippen LogP contribution in [0.15, 0.2) is 24.3 Å². The first-order chi connectivity index (χ1) is 8.49. The van der Waals surface area contributed by atoms with E-state index in [1.54, 1.807) is 24.3 Å². The van der Waals surface area contributed by atoms with Crippen molar-refractivity contribution in [3.05, 3.63) is 29.8 Å². The summed E-state index contributed by atoms with van der Waals surface area (Å²) in [6, 6.07) is 7.25. The van der Waals surface area contributed by atoms with Crippen molar-refractivity contribution in [3.63, 3.8) is 0 Å². The van der Waals surface area contributed by atoms with Gasteiger partial charge in [0.05, 0.1) is 0 Å². The number of aliphatic hydroxyl groups excluding tert-OH is 1. The largest absolute Gasteiger partial charge is 0.491 e. The Morgan fingerprint density at radius 1 is 1.33 bits per heavy atom. The third-order valence-corrected chi connectivity index (χ3v) is 2.46. The minimum absolute atomic E-state index is 0.0303. The van der Waals surface area contributed by atoms with Crippen LogP contribution in [0.4, 0.5) is 0 Å². The number of carbonyl (C=O) groups is 1. The molecule has 0 radical (unpaired) electrons. The number of rotatable bonds is 7. The maximum atomic E-state index is 11.1. The molecule has 0 fully saturated rings. The molecule has 0 spiro atoms. The highest BCUT2D eigenvalue weighted by molar-refractivity contribution is 5.94.